The second-order valence-electron chi connectivity index (χ2n) is 4.99. The molecule has 2 aromatic carbocycles. The highest BCUT2D eigenvalue weighted by Gasteiger charge is 2.06. The summed E-state index contributed by atoms with van der Waals surface area (Å²) in [6, 6.07) is 14.7. The molecule has 0 fully saturated rings. The van der Waals surface area contributed by atoms with E-state index in [-0.39, 0.29) is 5.91 Å². The smallest absolute Gasteiger partial charge is 0.221 e. The average Bonchev–Trinajstić information content (AvgIpc) is 2.54. The number of anilines is 1. The minimum absolute atomic E-state index is 0.155. The molecule has 0 bridgehead atoms. The van der Waals surface area contributed by atoms with Gasteiger partial charge in [0.15, 0.2) is 0 Å². The number of aryl methyl sites for hydroxylation is 1. The quantitative estimate of drug-likeness (QED) is 0.831. The van der Waals surface area contributed by atoms with E-state index in [9.17, 15) is 4.79 Å². The van der Waals surface area contributed by atoms with Crippen molar-refractivity contribution in [1.29, 1.82) is 5.26 Å². The largest absolute Gasteiger partial charge is 0.489 e. The van der Waals surface area contributed by atoms with Crippen LogP contribution in [0.15, 0.2) is 42.5 Å². The predicted octanol–water partition coefficient (Wildman–Crippen LogP) is 3.28. The first-order valence-corrected chi connectivity index (χ1v) is 7.23. The van der Waals surface area contributed by atoms with E-state index in [2.05, 4.69) is 11.4 Å². The van der Waals surface area contributed by atoms with Crippen molar-refractivity contribution in [3.05, 3.63) is 53.6 Å². The Morgan fingerprint density at radius 3 is 2.52 bits per heavy atom. The number of carbonyl (C=O) groups excluding carboxylic acids is 1. The maximum atomic E-state index is 11.2. The van der Waals surface area contributed by atoms with Crippen LogP contribution in [0.25, 0.3) is 0 Å². The summed E-state index contributed by atoms with van der Waals surface area (Å²) in [7, 11) is 0. The lowest BCUT2D eigenvalue weighted by Gasteiger charge is -2.13. The molecule has 0 aromatic heterocycles. The van der Waals surface area contributed by atoms with Gasteiger partial charge < -0.3 is 14.8 Å². The average molecular weight is 310 g/mol. The molecule has 0 heterocycles. The molecular formula is C18H18N2O3. The van der Waals surface area contributed by atoms with Crippen LogP contribution >= 0.6 is 0 Å². The van der Waals surface area contributed by atoms with Crippen LogP contribution in [-0.2, 0) is 4.79 Å². The molecule has 0 aliphatic rings. The van der Waals surface area contributed by atoms with Gasteiger partial charge in [0, 0.05) is 6.92 Å². The van der Waals surface area contributed by atoms with E-state index in [1.807, 2.05) is 25.1 Å². The summed E-state index contributed by atoms with van der Waals surface area (Å²) in [4.78, 5) is 11.2. The summed E-state index contributed by atoms with van der Waals surface area (Å²) < 4.78 is 11.3. The molecule has 23 heavy (non-hydrogen) atoms. The van der Waals surface area contributed by atoms with E-state index < -0.39 is 0 Å². The van der Waals surface area contributed by atoms with Gasteiger partial charge in [-0.25, -0.2) is 0 Å². The van der Waals surface area contributed by atoms with Crippen molar-refractivity contribution < 1.29 is 14.3 Å². The van der Waals surface area contributed by atoms with Gasteiger partial charge in [-0.2, -0.15) is 5.26 Å². The van der Waals surface area contributed by atoms with Crippen LogP contribution in [0.4, 0.5) is 5.69 Å². The second kappa shape index (κ2) is 7.85. The Morgan fingerprint density at radius 2 is 1.83 bits per heavy atom. The molecule has 0 saturated carbocycles. The summed E-state index contributed by atoms with van der Waals surface area (Å²) in [5.74, 6) is 0.972. The van der Waals surface area contributed by atoms with Gasteiger partial charge >= 0.3 is 0 Å². The minimum atomic E-state index is -0.155. The Labute approximate surface area is 135 Å². The highest BCUT2D eigenvalue weighted by Crippen LogP contribution is 2.25. The fourth-order valence-corrected chi connectivity index (χ4v) is 2.03. The summed E-state index contributed by atoms with van der Waals surface area (Å²) in [6.07, 6.45) is 0. The molecule has 0 unspecified atom stereocenters. The number of hydrogen-bond donors (Lipinski definition) is 1. The van der Waals surface area contributed by atoms with E-state index in [0.717, 1.165) is 5.56 Å². The number of nitrogens with zero attached hydrogens (tertiary/aromatic N) is 1. The molecule has 2 rings (SSSR count). The van der Waals surface area contributed by atoms with Gasteiger partial charge in [-0.3, -0.25) is 4.79 Å². The summed E-state index contributed by atoms with van der Waals surface area (Å²) in [5.41, 5.74) is 2.15. The zero-order chi connectivity index (χ0) is 16.7. The summed E-state index contributed by atoms with van der Waals surface area (Å²) >= 11 is 0. The van der Waals surface area contributed by atoms with Crippen LogP contribution in [0.5, 0.6) is 11.5 Å². The number of carbonyl (C=O) groups is 1. The maximum Gasteiger partial charge on any atom is 0.221 e. The Bertz CT molecular complexity index is 735. The van der Waals surface area contributed by atoms with Crippen molar-refractivity contribution >= 4 is 11.6 Å². The molecule has 0 spiro atoms. The van der Waals surface area contributed by atoms with Crippen LogP contribution < -0.4 is 14.8 Å². The number of rotatable bonds is 6. The first-order valence-electron chi connectivity index (χ1n) is 7.23. The molecule has 0 atom stereocenters. The van der Waals surface area contributed by atoms with Crippen molar-refractivity contribution in [3.8, 4) is 17.6 Å². The van der Waals surface area contributed by atoms with Gasteiger partial charge in [-0.05, 0) is 36.8 Å². The SMILES string of the molecule is CC(=O)Nc1ccc(C)cc1OCCOc1ccccc1C#N. The van der Waals surface area contributed by atoms with E-state index in [0.29, 0.717) is 36.0 Å². The normalized spacial score (nSPS) is 9.78. The minimum Gasteiger partial charge on any atom is -0.489 e. The zero-order valence-electron chi connectivity index (χ0n) is 13.1. The third-order valence-electron chi connectivity index (χ3n) is 3.05. The maximum absolute atomic E-state index is 11.2. The predicted molar refractivity (Wildman–Crippen MR) is 87.6 cm³/mol. The first kappa shape index (κ1) is 16.4. The van der Waals surface area contributed by atoms with Crippen LogP contribution in [0.3, 0.4) is 0 Å². The fourth-order valence-electron chi connectivity index (χ4n) is 2.03. The van der Waals surface area contributed by atoms with Crippen molar-refractivity contribution in [2.45, 2.75) is 13.8 Å². The highest BCUT2D eigenvalue weighted by atomic mass is 16.5. The van der Waals surface area contributed by atoms with Crippen LogP contribution in [0.1, 0.15) is 18.1 Å². The van der Waals surface area contributed by atoms with Crippen molar-refractivity contribution in [2.24, 2.45) is 0 Å². The van der Waals surface area contributed by atoms with Gasteiger partial charge in [-0.1, -0.05) is 18.2 Å². The lowest BCUT2D eigenvalue weighted by Crippen LogP contribution is -2.12. The van der Waals surface area contributed by atoms with Gasteiger partial charge in [-0.15, -0.1) is 0 Å². The Balaban J connectivity index is 1.95. The molecule has 1 N–H and O–H groups in total. The topological polar surface area (TPSA) is 71.3 Å². The van der Waals surface area contributed by atoms with Crippen LogP contribution in [0, 0.1) is 18.3 Å². The zero-order valence-corrected chi connectivity index (χ0v) is 13.1. The highest BCUT2D eigenvalue weighted by molar-refractivity contribution is 5.90. The Hall–Kier alpha value is -3.00. The van der Waals surface area contributed by atoms with Gasteiger partial charge in [0.1, 0.15) is 30.8 Å². The summed E-state index contributed by atoms with van der Waals surface area (Å²) in [6.45, 7) is 4.00. The molecule has 5 heteroatoms. The lowest BCUT2D eigenvalue weighted by molar-refractivity contribution is -0.114. The van der Waals surface area contributed by atoms with E-state index in [4.69, 9.17) is 14.7 Å². The van der Waals surface area contributed by atoms with E-state index >= 15 is 0 Å². The third-order valence-corrected chi connectivity index (χ3v) is 3.05. The van der Waals surface area contributed by atoms with Crippen molar-refractivity contribution in [2.75, 3.05) is 18.5 Å². The van der Waals surface area contributed by atoms with Crippen molar-refractivity contribution in [1.82, 2.24) is 0 Å². The molecule has 5 nitrogen and oxygen atoms in total. The number of hydrogen-bond acceptors (Lipinski definition) is 4. The number of benzene rings is 2. The third kappa shape index (κ3) is 4.75. The van der Waals surface area contributed by atoms with E-state index in [1.54, 1.807) is 24.3 Å². The fraction of sp³-hybridized carbons (Fsp3) is 0.222. The lowest BCUT2D eigenvalue weighted by atomic mass is 10.2. The number of nitriles is 1. The molecular weight excluding hydrogens is 292 g/mol. The Kier molecular flexibility index (Phi) is 5.59. The van der Waals surface area contributed by atoms with E-state index in [1.165, 1.54) is 6.92 Å². The van der Waals surface area contributed by atoms with Gasteiger partial charge in [0.2, 0.25) is 5.91 Å². The van der Waals surface area contributed by atoms with Gasteiger partial charge in [0.25, 0.3) is 0 Å². The molecule has 0 aliphatic heterocycles. The molecule has 1 amide bonds. The molecule has 118 valence electrons. The molecule has 0 saturated heterocycles. The van der Waals surface area contributed by atoms with Crippen LogP contribution in [0.2, 0.25) is 0 Å². The molecule has 2 aromatic rings. The monoisotopic (exact) mass is 310 g/mol. The molecule has 0 aliphatic carbocycles. The molecule has 0 radical (unpaired) electrons. The number of ether oxygens (including phenoxy) is 2. The second-order valence-corrected chi connectivity index (χ2v) is 4.99. The standard InChI is InChI=1S/C18H18N2O3/c1-13-7-8-16(20-14(2)21)18(11-13)23-10-9-22-17-6-4-3-5-15(17)12-19/h3-8,11H,9-10H2,1-2H3,(H,20,21). The summed E-state index contributed by atoms with van der Waals surface area (Å²) in [5, 5.41) is 11.7. The van der Waals surface area contributed by atoms with Crippen molar-refractivity contribution in [3.63, 3.8) is 0 Å². The number of para-hydroxylation sites is 1. The van der Waals surface area contributed by atoms with Crippen LogP contribution in [-0.4, -0.2) is 19.1 Å². The number of nitrogens with one attached hydrogen (secondary N) is 1. The number of amides is 1. The first-order chi connectivity index (χ1) is 11.1. The Morgan fingerprint density at radius 1 is 1.13 bits per heavy atom. The van der Waals surface area contributed by atoms with Gasteiger partial charge in [0.05, 0.1) is 11.3 Å².